The lowest BCUT2D eigenvalue weighted by atomic mass is 10.0. The fourth-order valence-corrected chi connectivity index (χ4v) is 3.72. The Hall–Kier alpha value is -2.97. The van der Waals surface area contributed by atoms with Gasteiger partial charge in [0.05, 0.1) is 5.56 Å². The van der Waals surface area contributed by atoms with E-state index in [4.69, 9.17) is 4.74 Å². The Morgan fingerprint density at radius 2 is 1.70 bits per heavy atom. The summed E-state index contributed by atoms with van der Waals surface area (Å²) in [6, 6.07) is 2.16. The summed E-state index contributed by atoms with van der Waals surface area (Å²) in [4.78, 5) is 37.9. The lowest BCUT2D eigenvalue weighted by molar-refractivity contribution is 0.0142. The van der Waals surface area contributed by atoms with Gasteiger partial charge in [-0.25, -0.2) is 19.4 Å². The number of carbonyl (C=O) groups excluding carboxylic acids is 2. The normalized spacial score (nSPS) is 17.6. The Kier molecular flexibility index (Phi) is 5.44. The molecule has 0 N–H and O–H groups in total. The number of likely N-dealkylation sites (tertiary alicyclic amines) is 1. The molecule has 9 nitrogen and oxygen atoms in total. The second-order valence-corrected chi connectivity index (χ2v) is 8.86. The Balaban J connectivity index is 1.41. The van der Waals surface area contributed by atoms with Crippen LogP contribution in [0.5, 0.6) is 0 Å². The number of aromatic nitrogens is 4. The summed E-state index contributed by atoms with van der Waals surface area (Å²) in [5, 5.41) is 4.11. The van der Waals surface area contributed by atoms with E-state index >= 15 is 0 Å². The highest BCUT2D eigenvalue weighted by molar-refractivity contribution is 5.94. The monoisotopic (exact) mass is 412 g/mol. The van der Waals surface area contributed by atoms with Gasteiger partial charge >= 0.3 is 6.09 Å². The molecule has 2 aromatic rings. The zero-order chi connectivity index (χ0) is 21.3. The van der Waals surface area contributed by atoms with Gasteiger partial charge in [0.25, 0.3) is 5.91 Å². The first-order valence-corrected chi connectivity index (χ1v) is 10.4. The van der Waals surface area contributed by atoms with Gasteiger partial charge in [-0.3, -0.25) is 4.79 Å². The number of piperidine rings is 1. The molecule has 4 rings (SSSR count). The second-order valence-electron chi connectivity index (χ2n) is 8.86. The topological polar surface area (TPSA) is 93.5 Å². The van der Waals surface area contributed by atoms with E-state index in [2.05, 4.69) is 15.1 Å². The number of ether oxygens (including phenoxy) is 1. The minimum Gasteiger partial charge on any atom is -0.444 e. The van der Waals surface area contributed by atoms with Crippen LogP contribution in [-0.4, -0.2) is 72.3 Å². The van der Waals surface area contributed by atoms with Gasteiger partial charge in [0, 0.05) is 50.0 Å². The van der Waals surface area contributed by atoms with Gasteiger partial charge in [-0.05, 0) is 52.5 Å². The minimum absolute atomic E-state index is 0.0415. The van der Waals surface area contributed by atoms with Crippen LogP contribution in [0.25, 0.3) is 5.95 Å². The fraction of sp³-hybridized carbons (Fsp3) is 0.571. The summed E-state index contributed by atoms with van der Waals surface area (Å²) >= 11 is 0. The Labute approximate surface area is 176 Å². The summed E-state index contributed by atoms with van der Waals surface area (Å²) in [6.07, 6.45) is 9.78. The van der Waals surface area contributed by atoms with Crippen LogP contribution >= 0.6 is 0 Å². The van der Waals surface area contributed by atoms with Gasteiger partial charge in [0.15, 0.2) is 0 Å². The third-order valence-electron chi connectivity index (χ3n) is 5.28. The van der Waals surface area contributed by atoms with Crippen LogP contribution in [0.4, 0.5) is 4.79 Å². The average molecular weight is 412 g/mol. The molecule has 1 saturated carbocycles. The van der Waals surface area contributed by atoms with Crippen LogP contribution in [0.15, 0.2) is 30.9 Å². The first kappa shape index (κ1) is 20.3. The molecule has 0 unspecified atom stereocenters. The van der Waals surface area contributed by atoms with E-state index in [9.17, 15) is 9.59 Å². The highest BCUT2D eigenvalue weighted by Crippen LogP contribution is 2.33. The van der Waals surface area contributed by atoms with E-state index in [1.807, 2.05) is 25.7 Å². The second kappa shape index (κ2) is 8.04. The molecular formula is C21H28N6O3. The molecule has 30 heavy (non-hydrogen) atoms. The molecule has 2 aliphatic rings. The van der Waals surface area contributed by atoms with Gasteiger partial charge in [-0.15, -0.1) is 0 Å². The standard InChI is InChI=1S/C21H28N6O3/c1-21(2,3)30-20(29)25-11-7-17(8-12-25)27(16-5-6-16)18(28)15-13-22-19(23-14-15)26-10-4-9-24-26/h4,9-10,13-14,16-17H,5-8,11-12H2,1-3H3. The van der Waals surface area contributed by atoms with Crippen molar-refractivity contribution in [1.82, 2.24) is 29.5 Å². The molecule has 1 saturated heterocycles. The van der Waals surface area contributed by atoms with Crippen molar-refractivity contribution in [3.05, 3.63) is 36.4 Å². The van der Waals surface area contributed by atoms with E-state index in [-0.39, 0.29) is 24.1 Å². The maximum atomic E-state index is 13.2. The van der Waals surface area contributed by atoms with Crippen molar-refractivity contribution >= 4 is 12.0 Å². The number of carbonyl (C=O) groups is 2. The molecule has 9 heteroatoms. The van der Waals surface area contributed by atoms with E-state index in [0.717, 1.165) is 25.7 Å². The van der Waals surface area contributed by atoms with Crippen LogP contribution in [0.2, 0.25) is 0 Å². The van der Waals surface area contributed by atoms with Crippen LogP contribution in [0.3, 0.4) is 0 Å². The summed E-state index contributed by atoms with van der Waals surface area (Å²) in [5.74, 6) is 0.389. The summed E-state index contributed by atoms with van der Waals surface area (Å²) in [7, 11) is 0. The number of amides is 2. The van der Waals surface area contributed by atoms with Crippen LogP contribution < -0.4 is 0 Å². The summed E-state index contributed by atoms with van der Waals surface area (Å²) in [5.41, 5.74) is -0.0286. The molecule has 2 amide bonds. The molecule has 0 radical (unpaired) electrons. The van der Waals surface area contributed by atoms with Crippen molar-refractivity contribution in [1.29, 1.82) is 0 Å². The van der Waals surface area contributed by atoms with Crippen molar-refractivity contribution < 1.29 is 14.3 Å². The van der Waals surface area contributed by atoms with Gasteiger partial charge in [0.2, 0.25) is 5.95 Å². The van der Waals surface area contributed by atoms with Crippen molar-refractivity contribution in [3.8, 4) is 5.95 Å². The zero-order valence-electron chi connectivity index (χ0n) is 17.7. The predicted molar refractivity (Wildman–Crippen MR) is 109 cm³/mol. The summed E-state index contributed by atoms with van der Waals surface area (Å²) < 4.78 is 7.03. The third-order valence-corrected chi connectivity index (χ3v) is 5.28. The molecule has 0 atom stereocenters. The van der Waals surface area contributed by atoms with Crippen molar-refractivity contribution in [2.24, 2.45) is 0 Å². The zero-order valence-corrected chi connectivity index (χ0v) is 17.7. The van der Waals surface area contributed by atoms with E-state index < -0.39 is 5.60 Å². The maximum absolute atomic E-state index is 13.2. The Morgan fingerprint density at radius 3 is 2.23 bits per heavy atom. The largest absolute Gasteiger partial charge is 0.444 e. The SMILES string of the molecule is CC(C)(C)OC(=O)N1CCC(N(C(=O)c2cnc(-n3cccn3)nc2)C2CC2)CC1. The van der Waals surface area contributed by atoms with Gasteiger partial charge < -0.3 is 14.5 Å². The highest BCUT2D eigenvalue weighted by Gasteiger charge is 2.40. The molecule has 0 aromatic carbocycles. The molecule has 0 bridgehead atoms. The number of hydrogen-bond acceptors (Lipinski definition) is 6. The third kappa shape index (κ3) is 4.60. The molecule has 2 fully saturated rings. The Morgan fingerprint density at radius 1 is 1.07 bits per heavy atom. The van der Waals surface area contributed by atoms with Crippen molar-refractivity contribution in [3.63, 3.8) is 0 Å². The number of nitrogens with zero attached hydrogens (tertiary/aromatic N) is 6. The van der Waals surface area contributed by atoms with E-state index in [1.54, 1.807) is 40.4 Å². The molecular weight excluding hydrogens is 384 g/mol. The molecule has 1 aliphatic carbocycles. The minimum atomic E-state index is -0.508. The fourth-order valence-electron chi connectivity index (χ4n) is 3.72. The van der Waals surface area contributed by atoms with Gasteiger partial charge in [-0.2, -0.15) is 5.10 Å². The van der Waals surface area contributed by atoms with Crippen molar-refractivity contribution in [2.45, 2.75) is 64.1 Å². The maximum Gasteiger partial charge on any atom is 0.410 e. The molecule has 2 aromatic heterocycles. The quantitative estimate of drug-likeness (QED) is 0.766. The van der Waals surface area contributed by atoms with Gasteiger partial charge in [-0.1, -0.05) is 0 Å². The van der Waals surface area contributed by atoms with Crippen molar-refractivity contribution in [2.75, 3.05) is 13.1 Å². The van der Waals surface area contributed by atoms with Gasteiger partial charge in [0.1, 0.15) is 5.60 Å². The van der Waals surface area contributed by atoms with Crippen LogP contribution in [-0.2, 0) is 4.74 Å². The predicted octanol–water partition coefficient (Wildman–Crippen LogP) is 2.67. The molecule has 1 aliphatic heterocycles. The lowest BCUT2D eigenvalue weighted by Gasteiger charge is -2.39. The first-order valence-electron chi connectivity index (χ1n) is 10.4. The van der Waals surface area contributed by atoms with Crippen LogP contribution in [0, 0.1) is 0 Å². The highest BCUT2D eigenvalue weighted by atomic mass is 16.6. The Bertz CT molecular complexity index is 878. The lowest BCUT2D eigenvalue weighted by Crippen LogP contribution is -2.50. The first-order chi connectivity index (χ1) is 14.3. The number of hydrogen-bond donors (Lipinski definition) is 0. The smallest absolute Gasteiger partial charge is 0.410 e. The molecule has 3 heterocycles. The average Bonchev–Trinajstić information content (AvgIpc) is 3.39. The molecule has 160 valence electrons. The van der Waals surface area contributed by atoms with E-state index in [0.29, 0.717) is 24.6 Å². The molecule has 0 spiro atoms. The number of rotatable bonds is 4. The summed E-state index contributed by atoms with van der Waals surface area (Å²) in [6.45, 7) is 6.77. The van der Waals surface area contributed by atoms with Crippen LogP contribution in [0.1, 0.15) is 56.8 Å². The van der Waals surface area contributed by atoms with E-state index in [1.165, 1.54) is 0 Å².